The van der Waals surface area contributed by atoms with Gasteiger partial charge in [0.25, 0.3) is 0 Å². The van der Waals surface area contributed by atoms with Crippen LogP contribution in [-0.4, -0.2) is 41.7 Å². The van der Waals surface area contributed by atoms with Gasteiger partial charge in [0.2, 0.25) is 5.91 Å². The number of aliphatic hydroxyl groups is 1. The van der Waals surface area contributed by atoms with Crippen molar-refractivity contribution in [1.29, 1.82) is 0 Å². The predicted molar refractivity (Wildman–Crippen MR) is 89.3 cm³/mol. The van der Waals surface area contributed by atoms with Crippen molar-refractivity contribution in [3.05, 3.63) is 29.8 Å². The Balaban J connectivity index is 1.45. The summed E-state index contributed by atoms with van der Waals surface area (Å²) in [5.74, 6) is 1.84. The maximum absolute atomic E-state index is 12.4. The Hall–Kier alpha value is -1.55. The van der Waals surface area contributed by atoms with Crippen molar-refractivity contribution >= 4 is 5.91 Å². The van der Waals surface area contributed by atoms with E-state index in [1.807, 2.05) is 24.0 Å². The summed E-state index contributed by atoms with van der Waals surface area (Å²) < 4.78 is 5.19. The molecule has 0 aromatic heterocycles. The van der Waals surface area contributed by atoms with E-state index in [1.165, 1.54) is 5.56 Å². The first-order valence-corrected chi connectivity index (χ1v) is 8.61. The summed E-state index contributed by atoms with van der Waals surface area (Å²) in [4.78, 5) is 14.4. The molecule has 1 aromatic rings. The van der Waals surface area contributed by atoms with E-state index in [0.717, 1.165) is 38.1 Å². The highest BCUT2D eigenvalue weighted by Crippen LogP contribution is 2.39. The Morgan fingerprint density at radius 2 is 1.87 bits per heavy atom. The Kier molecular flexibility index (Phi) is 4.62. The molecule has 0 bridgehead atoms. The Morgan fingerprint density at radius 3 is 2.39 bits per heavy atom. The number of benzene rings is 1. The number of hydrogen-bond acceptors (Lipinski definition) is 3. The van der Waals surface area contributed by atoms with E-state index in [2.05, 4.69) is 12.1 Å². The van der Waals surface area contributed by atoms with Crippen LogP contribution < -0.4 is 4.74 Å². The van der Waals surface area contributed by atoms with Crippen LogP contribution in [0.2, 0.25) is 0 Å². The quantitative estimate of drug-likeness (QED) is 0.929. The predicted octanol–water partition coefficient (Wildman–Crippen LogP) is 2.64. The molecule has 3 rings (SSSR count). The van der Waals surface area contributed by atoms with Gasteiger partial charge >= 0.3 is 0 Å². The number of nitrogens with zero attached hydrogens (tertiary/aromatic N) is 1. The molecule has 1 heterocycles. The van der Waals surface area contributed by atoms with Gasteiger partial charge in [-0.25, -0.2) is 0 Å². The molecule has 0 radical (unpaired) electrons. The topological polar surface area (TPSA) is 49.8 Å². The maximum atomic E-state index is 12.4. The summed E-state index contributed by atoms with van der Waals surface area (Å²) in [7, 11) is 1.68. The van der Waals surface area contributed by atoms with Crippen molar-refractivity contribution in [2.75, 3.05) is 20.2 Å². The number of carbonyl (C=O) groups excluding carboxylic acids is 1. The van der Waals surface area contributed by atoms with Gasteiger partial charge in [-0.2, -0.15) is 0 Å². The monoisotopic (exact) mass is 317 g/mol. The minimum atomic E-state index is -0.618. The molecule has 1 aliphatic carbocycles. The lowest BCUT2D eigenvalue weighted by Gasteiger charge is -2.43. The molecule has 1 aliphatic heterocycles. The zero-order valence-corrected chi connectivity index (χ0v) is 14.1. The molecule has 23 heavy (non-hydrogen) atoms. The normalized spacial score (nSPS) is 28.3. The first-order valence-electron chi connectivity index (χ1n) is 8.61. The van der Waals surface area contributed by atoms with Crippen LogP contribution in [0.25, 0.3) is 0 Å². The highest BCUT2D eigenvalue weighted by molar-refractivity contribution is 5.80. The molecule has 4 heteroatoms. The average molecular weight is 317 g/mol. The van der Waals surface area contributed by atoms with E-state index in [9.17, 15) is 9.90 Å². The molecule has 126 valence electrons. The number of hydrogen-bond donors (Lipinski definition) is 1. The van der Waals surface area contributed by atoms with Crippen LogP contribution in [-0.2, 0) is 11.2 Å². The summed E-state index contributed by atoms with van der Waals surface area (Å²) in [6.07, 6.45) is 4.46. The molecule has 1 N–H and O–H groups in total. The minimum Gasteiger partial charge on any atom is -0.497 e. The van der Waals surface area contributed by atoms with Crippen molar-refractivity contribution in [2.45, 2.75) is 44.6 Å². The molecule has 1 saturated carbocycles. The van der Waals surface area contributed by atoms with Crippen LogP contribution in [0.5, 0.6) is 5.75 Å². The fourth-order valence-corrected chi connectivity index (χ4v) is 3.89. The fourth-order valence-electron chi connectivity index (χ4n) is 3.89. The largest absolute Gasteiger partial charge is 0.497 e. The van der Waals surface area contributed by atoms with Gasteiger partial charge in [-0.1, -0.05) is 12.1 Å². The van der Waals surface area contributed by atoms with E-state index in [0.29, 0.717) is 18.8 Å². The van der Waals surface area contributed by atoms with Crippen molar-refractivity contribution in [2.24, 2.45) is 11.8 Å². The van der Waals surface area contributed by atoms with Crippen LogP contribution in [0.4, 0.5) is 0 Å². The van der Waals surface area contributed by atoms with Gasteiger partial charge in [0.15, 0.2) is 0 Å². The number of piperidine rings is 1. The Labute approximate surface area is 138 Å². The summed E-state index contributed by atoms with van der Waals surface area (Å²) in [6, 6.07) is 8.28. The first kappa shape index (κ1) is 16.3. The van der Waals surface area contributed by atoms with Gasteiger partial charge in [-0.3, -0.25) is 4.79 Å². The third kappa shape index (κ3) is 3.86. The lowest BCUT2D eigenvalue weighted by Crippen LogP contribution is -2.51. The summed E-state index contributed by atoms with van der Waals surface area (Å²) in [5.41, 5.74) is 0.720. The van der Waals surface area contributed by atoms with Crippen molar-refractivity contribution in [3.63, 3.8) is 0 Å². The Bertz CT molecular complexity index is 536. The number of ether oxygens (including phenoxy) is 1. The molecule has 0 spiro atoms. The van der Waals surface area contributed by atoms with Crippen molar-refractivity contribution in [3.8, 4) is 5.75 Å². The lowest BCUT2D eigenvalue weighted by molar-refractivity contribution is -0.151. The third-order valence-corrected chi connectivity index (χ3v) is 5.33. The smallest absolute Gasteiger partial charge is 0.225 e. The molecule has 1 aromatic carbocycles. The SMILES string of the molecule is COc1ccc(CC2CCN(C(=O)C3CC(C)(O)C3)CC2)cc1. The van der Waals surface area contributed by atoms with Crippen LogP contribution in [0.3, 0.4) is 0 Å². The molecule has 0 unspecified atom stereocenters. The standard InChI is InChI=1S/C19H27NO3/c1-19(22)12-16(13-19)18(21)20-9-7-15(8-10-20)11-14-3-5-17(23-2)6-4-14/h3-6,15-16,22H,7-13H2,1-2H3. The second kappa shape index (κ2) is 6.52. The fraction of sp³-hybridized carbons (Fsp3) is 0.632. The van der Waals surface area contributed by atoms with E-state index >= 15 is 0 Å². The van der Waals surface area contributed by atoms with Crippen molar-refractivity contribution in [1.82, 2.24) is 4.90 Å². The molecule has 2 fully saturated rings. The van der Waals surface area contributed by atoms with Gasteiger partial charge in [-0.05, 0) is 62.6 Å². The van der Waals surface area contributed by atoms with Crippen LogP contribution in [0.15, 0.2) is 24.3 Å². The van der Waals surface area contributed by atoms with E-state index in [4.69, 9.17) is 4.74 Å². The number of amides is 1. The van der Waals surface area contributed by atoms with E-state index in [-0.39, 0.29) is 11.8 Å². The molecule has 1 amide bonds. The lowest BCUT2D eigenvalue weighted by atomic mass is 9.71. The average Bonchev–Trinajstić information content (AvgIpc) is 2.53. The molecular weight excluding hydrogens is 290 g/mol. The van der Waals surface area contributed by atoms with Gasteiger partial charge < -0.3 is 14.7 Å². The molecule has 1 saturated heterocycles. The zero-order chi connectivity index (χ0) is 16.4. The van der Waals surface area contributed by atoms with Gasteiger partial charge in [0, 0.05) is 19.0 Å². The first-order chi connectivity index (χ1) is 11.0. The molecule has 2 aliphatic rings. The highest BCUT2D eigenvalue weighted by Gasteiger charge is 2.44. The number of carbonyl (C=O) groups is 1. The summed E-state index contributed by atoms with van der Waals surface area (Å²) >= 11 is 0. The molecule has 4 nitrogen and oxygen atoms in total. The second-order valence-electron chi connectivity index (χ2n) is 7.42. The molecule has 0 atom stereocenters. The minimum absolute atomic E-state index is 0.0446. The van der Waals surface area contributed by atoms with Gasteiger partial charge in [-0.15, -0.1) is 0 Å². The number of rotatable bonds is 4. The number of likely N-dealkylation sites (tertiary alicyclic amines) is 1. The maximum Gasteiger partial charge on any atom is 0.225 e. The Morgan fingerprint density at radius 1 is 1.26 bits per heavy atom. The van der Waals surface area contributed by atoms with Gasteiger partial charge in [0.1, 0.15) is 5.75 Å². The summed E-state index contributed by atoms with van der Waals surface area (Å²) in [5, 5.41) is 9.79. The van der Waals surface area contributed by atoms with E-state index in [1.54, 1.807) is 7.11 Å². The van der Waals surface area contributed by atoms with Gasteiger partial charge in [0.05, 0.1) is 12.7 Å². The molecular formula is C19H27NO3. The van der Waals surface area contributed by atoms with Crippen LogP contribution >= 0.6 is 0 Å². The number of methoxy groups -OCH3 is 1. The second-order valence-corrected chi connectivity index (χ2v) is 7.42. The summed E-state index contributed by atoms with van der Waals surface area (Å²) in [6.45, 7) is 3.54. The zero-order valence-electron chi connectivity index (χ0n) is 14.1. The van der Waals surface area contributed by atoms with Crippen molar-refractivity contribution < 1.29 is 14.6 Å². The highest BCUT2D eigenvalue weighted by atomic mass is 16.5. The van der Waals surface area contributed by atoms with E-state index < -0.39 is 5.60 Å². The van der Waals surface area contributed by atoms with Crippen LogP contribution in [0.1, 0.15) is 38.2 Å². The van der Waals surface area contributed by atoms with Crippen LogP contribution in [0, 0.1) is 11.8 Å². The third-order valence-electron chi connectivity index (χ3n) is 5.33.